The van der Waals surface area contributed by atoms with Crippen LogP contribution in [0.2, 0.25) is 0 Å². The van der Waals surface area contributed by atoms with E-state index < -0.39 is 0 Å². The van der Waals surface area contributed by atoms with Crippen LogP contribution in [0.5, 0.6) is 5.75 Å². The monoisotopic (exact) mass is 336 g/mol. The lowest BCUT2D eigenvalue weighted by Gasteiger charge is -2.04. The van der Waals surface area contributed by atoms with Crippen molar-refractivity contribution in [1.29, 1.82) is 0 Å². The average Bonchev–Trinajstić information content (AvgIpc) is 3.03. The SMILES string of the molecule is O=C(CCc1ccc2c(c1)CCO2)c1sccc1Br. The lowest BCUT2D eigenvalue weighted by atomic mass is 10.0. The van der Waals surface area contributed by atoms with Gasteiger partial charge in [-0.25, -0.2) is 0 Å². The molecule has 0 aliphatic carbocycles. The van der Waals surface area contributed by atoms with Gasteiger partial charge in [0.05, 0.1) is 11.5 Å². The third kappa shape index (κ3) is 2.74. The Labute approximate surface area is 124 Å². The number of Topliss-reactive ketones (excluding diaryl/α,β-unsaturated/α-hetero) is 1. The van der Waals surface area contributed by atoms with Crippen LogP contribution in [0.4, 0.5) is 0 Å². The molecule has 0 unspecified atom stereocenters. The van der Waals surface area contributed by atoms with Gasteiger partial charge in [-0.3, -0.25) is 4.79 Å². The Morgan fingerprint density at radius 1 is 1.37 bits per heavy atom. The molecule has 1 aliphatic rings. The molecule has 0 bridgehead atoms. The quantitative estimate of drug-likeness (QED) is 0.779. The van der Waals surface area contributed by atoms with Crippen molar-refractivity contribution in [3.05, 3.63) is 50.1 Å². The van der Waals surface area contributed by atoms with Crippen LogP contribution in [0.3, 0.4) is 0 Å². The van der Waals surface area contributed by atoms with E-state index >= 15 is 0 Å². The van der Waals surface area contributed by atoms with E-state index in [0.29, 0.717) is 6.42 Å². The Morgan fingerprint density at radius 2 is 2.26 bits per heavy atom. The summed E-state index contributed by atoms with van der Waals surface area (Å²) in [6, 6.07) is 8.16. The van der Waals surface area contributed by atoms with Crippen LogP contribution in [0.15, 0.2) is 34.1 Å². The third-order valence-corrected chi connectivity index (χ3v) is 5.14. The zero-order valence-electron chi connectivity index (χ0n) is 10.3. The first-order chi connectivity index (χ1) is 9.24. The summed E-state index contributed by atoms with van der Waals surface area (Å²) in [5.74, 6) is 1.20. The fourth-order valence-electron chi connectivity index (χ4n) is 2.26. The average molecular weight is 337 g/mol. The van der Waals surface area contributed by atoms with E-state index in [-0.39, 0.29) is 5.78 Å². The van der Waals surface area contributed by atoms with E-state index in [1.807, 2.05) is 17.5 Å². The van der Waals surface area contributed by atoms with E-state index in [9.17, 15) is 4.79 Å². The molecule has 0 spiro atoms. The zero-order valence-corrected chi connectivity index (χ0v) is 12.7. The number of rotatable bonds is 4. The summed E-state index contributed by atoms with van der Waals surface area (Å²) >= 11 is 4.90. The molecule has 0 fully saturated rings. The molecular formula is C15H13BrO2S. The van der Waals surface area contributed by atoms with Crippen molar-refractivity contribution >= 4 is 33.0 Å². The maximum Gasteiger partial charge on any atom is 0.174 e. The Hall–Kier alpha value is -1.13. The first-order valence-electron chi connectivity index (χ1n) is 6.25. The van der Waals surface area contributed by atoms with Crippen LogP contribution in [0.25, 0.3) is 0 Å². The minimum absolute atomic E-state index is 0.207. The van der Waals surface area contributed by atoms with Gasteiger partial charge >= 0.3 is 0 Å². The van der Waals surface area contributed by atoms with Gasteiger partial charge in [-0.2, -0.15) is 0 Å². The number of carbonyl (C=O) groups excluding carboxylic acids is 1. The fraction of sp³-hybridized carbons (Fsp3) is 0.267. The number of aryl methyl sites for hydroxylation is 1. The second-order valence-corrected chi connectivity index (χ2v) is 6.33. The highest BCUT2D eigenvalue weighted by Crippen LogP contribution is 2.27. The summed E-state index contributed by atoms with van der Waals surface area (Å²) < 4.78 is 6.39. The van der Waals surface area contributed by atoms with E-state index in [4.69, 9.17) is 4.74 Å². The highest BCUT2D eigenvalue weighted by atomic mass is 79.9. The normalized spacial score (nSPS) is 13.1. The summed E-state index contributed by atoms with van der Waals surface area (Å²) in [5.41, 5.74) is 2.48. The second-order valence-electron chi connectivity index (χ2n) is 4.56. The Balaban J connectivity index is 1.66. The molecule has 98 valence electrons. The highest BCUT2D eigenvalue weighted by Gasteiger charge is 2.14. The number of hydrogen-bond donors (Lipinski definition) is 0. The summed E-state index contributed by atoms with van der Waals surface area (Å²) in [5, 5.41) is 1.93. The highest BCUT2D eigenvalue weighted by molar-refractivity contribution is 9.10. The minimum Gasteiger partial charge on any atom is -0.493 e. The molecule has 1 aliphatic heterocycles. The van der Waals surface area contributed by atoms with Crippen molar-refractivity contribution in [2.24, 2.45) is 0 Å². The van der Waals surface area contributed by atoms with Crippen LogP contribution in [0.1, 0.15) is 27.2 Å². The first-order valence-corrected chi connectivity index (χ1v) is 7.92. The fourth-order valence-corrected chi connectivity index (χ4v) is 3.82. The number of hydrogen-bond acceptors (Lipinski definition) is 3. The molecule has 2 nitrogen and oxygen atoms in total. The maximum absolute atomic E-state index is 12.1. The molecule has 2 aromatic rings. The molecule has 3 rings (SSSR count). The predicted octanol–water partition coefficient (Wildman–Crippen LogP) is 4.26. The molecular weight excluding hydrogens is 324 g/mol. The van der Waals surface area contributed by atoms with Crippen LogP contribution >= 0.6 is 27.3 Å². The molecule has 1 aromatic heterocycles. The predicted molar refractivity (Wildman–Crippen MR) is 80.3 cm³/mol. The van der Waals surface area contributed by atoms with Gasteiger partial charge in [0.25, 0.3) is 0 Å². The molecule has 0 amide bonds. The van der Waals surface area contributed by atoms with Crippen molar-refractivity contribution in [3.8, 4) is 5.75 Å². The largest absolute Gasteiger partial charge is 0.493 e. The molecule has 2 heterocycles. The molecule has 19 heavy (non-hydrogen) atoms. The standard InChI is InChI=1S/C15H13BrO2S/c16-12-6-8-19-15(12)13(17)3-1-10-2-4-14-11(9-10)5-7-18-14/h2,4,6,8-9H,1,3,5,7H2. The Morgan fingerprint density at radius 3 is 3.05 bits per heavy atom. The van der Waals surface area contributed by atoms with Gasteiger partial charge in [0.1, 0.15) is 5.75 Å². The van der Waals surface area contributed by atoms with Crippen molar-refractivity contribution in [2.75, 3.05) is 6.61 Å². The zero-order chi connectivity index (χ0) is 13.2. The molecule has 0 atom stereocenters. The van der Waals surface area contributed by atoms with Gasteiger partial charge in [0.2, 0.25) is 0 Å². The van der Waals surface area contributed by atoms with Crippen molar-refractivity contribution in [2.45, 2.75) is 19.3 Å². The van der Waals surface area contributed by atoms with Gasteiger partial charge in [-0.15, -0.1) is 11.3 Å². The third-order valence-electron chi connectivity index (χ3n) is 3.27. The Kier molecular flexibility index (Phi) is 3.71. The number of halogens is 1. The molecule has 1 aromatic carbocycles. The van der Waals surface area contributed by atoms with Gasteiger partial charge in [-0.05, 0) is 51.0 Å². The van der Waals surface area contributed by atoms with Crippen molar-refractivity contribution in [3.63, 3.8) is 0 Å². The van der Waals surface area contributed by atoms with Gasteiger partial charge < -0.3 is 4.74 Å². The minimum atomic E-state index is 0.207. The van der Waals surface area contributed by atoms with Gasteiger partial charge in [0.15, 0.2) is 5.78 Å². The second kappa shape index (κ2) is 5.47. The number of ketones is 1. The van der Waals surface area contributed by atoms with Gasteiger partial charge in [0, 0.05) is 17.3 Å². The van der Waals surface area contributed by atoms with Crippen LogP contribution < -0.4 is 4.74 Å². The van der Waals surface area contributed by atoms with Crippen molar-refractivity contribution < 1.29 is 9.53 Å². The summed E-state index contributed by atoms with van der Waals surface area (Å²) in [7, 11) is 0. The topological polar surface area (TPSA) is 26.3 Å². The smallest absolute Gasteiger partial charge is 0.174 e. The van der Waals surface area contributed by atoms with Crippen LogP contribution in [-0.2, 0) is 12.8 Å². The summed E-state index contributed by atoms with van der Waals surface area (Å²) in [6.07, 6.45) is 2.32. The van der Waals surface area contributed by atoms with Crippen molar-refractivity contribution in [1.82, 2.24) is 0 Å². The number of fused-ring (bicyclic) bond motifs is 1. The number of ether oxygens (including phenoxy) is 1. The summed E-state index contributed by atoms with van der Waals surface area (Å²) in [4.78, 5) is 12.9. The number of carbonyl (C=O) groups is 1. The molecule has 0 saturated carbocycles. The van der Waals surface area contributed by atoms with Crippen LogP contribution in [0, 0.1) is 0 Å². The molecule has 4 heteroatoms. The van der Waals surface area contributed by atoms with Gasteiger partial charge in [-0.1, -0.05) is 12.1 Å². The molecule has 0 saturated heterocycles. The number of benzene rings is 1. The van der Waals surface area contributed by atoms with E-state index in [0.717, 1.165) is 34.5 Å². The molecule has 0 N–H and O–H groups in total. The Bertz CT molecular complexity index is 618. The number of thiophene rings is 1. The van der Waals surface area contributed by atoms with E-state index in [1.54, 1.807) is 0 Å². The lowest BCUT2D eigenvalue weighted by Crippen LogP contribution is -1.99. The summed E-state index contributed by atoms with van der Waals surface area (Å²) in [6.45, 7) is 0.778. The first kappa shape index (κ1) is 12.9. The van der Waals surface area contributed by atoms with E-state index in [2.05, 4.69) is 28.1 Å². The molecule has 0 radical (unpaired) electrons. The lowest BCUT2D eigenvalue weighted by molar-refractivity contribution is 0.0986. The van der Waals surface area contributed by atoms with E-state index in [1.165, 1.54) is 22.5 Å². The van der Waals surface area contributed by atoms with Crippen LogP contribution in [-0.4, -0.2) is 12.4 Å². The maximum atomic E-state index is 12.1.